The van der Waals surface area contributed by atoms with Crippen molar-refractivity contribution in [2.24, 2.45) is 0 Å². The standard InChI is InChI=1S/C17H16N2O3/c1-3-11(2)18-15(20)16(21)19(17(18)22)14-9-8-12-6-4-5-7-13(12)10-14/h4-11H,3H2,1-2H3/t11-/m1/s1. The fourth-order valence-electron chi connectivity index (χ4n) is 2.59. The van der Waals surface area contributed by atoms with E-state index in [1.807, 2.05) is 37.3 Å². The second-order valence-corrected chi connectivity index (χ2v) is 5.39. The molecule has 1 fully saturated rings. The van der Waals surface area contributed by atoms with Gasteiger partial charge in [-0.25, -0.2) is 9.69 Å². The lowest BCUT2D eigenvalue weighted by Crippen LogP contribution is -2.39. The zero-order chi connectivity index (χ0) is 15.9. The number of rotatable bonds is 3. The van der Waals surface area contributed by atoms with Gasteiger partial charge in [0.25, 0.3) is 0 Å². The first kappa shape index (κ1) is 14.3. The molecule has 0 bridgehead atoms. The highest BCUT2D eigenvalue weighted by Crippen LogP contribution is 2.27. The van der Waals surface area contributed by atoms with Crippen molar-refractivity contribution in [2.75, 3.05) is 4.90 Å². The van der Waals surface area contributed by atoms with Gasteiger partial charge in [-0.3, -0.25) is 14.5 Å². The number of amides is 4. The summed E-state index contributed by atoms with van der Waals surface area (Å²) in [4.78, 5) is 38.7. The molecule has 2 aromatic rings. The number of hydrogen-bond acceptors (Lipinski definition) is 3. The van der Waals surface area contributed by atoms with Gasteiger partial charge in [-0.15, -0.1) is 0 Å². The van der Waals surface area contributed by atoms with E-state index in [9.17, 15) is 14.4 Å². The van der Waals surface area contributed by atoms with Gasteiger partial charge in [0.05, 0.1) is 5.69 Å². The van der Waals surface area contributed by atoms with E-state index >= 15 is 0 Å². The molecule has 2 aromatic carbocycles. The Balaban J connectivity index is 2.04. The van der Waals surface area contributed by atoms with Crippen molar-refractivity contribution in [3.05, 3.63) is 42.5 Å². The molecule has 5 heteroatoms. The average molecular weight is 296 g/mol. The van der Waals surface area contributed by atoms with Crippen LogP contribution in [0, 0.1) is 0 Å². The molecule has 1 aliphatic heterocycles. The Morgan fingerprint density at radius 3 is 2.32 bits per heavy atom. The van der Waals surface area contributed by atoms with Crippen molar-refractivity contribution in [1.82, 2.24) is 4.90 Å². The molecule has 0 aromatic heterocycles. The van der Waals surface area contributed by atoms with Crippen molar-refractivity contribution in [3.8, 4) is 0 Å². The Hall–Kier alpha value is -2.69. The van der Waals surface area contributed by atoms with Crippen molar-refractivity contribution in [1.29, 1.82) is 0 Å². The number of imide groups is 2. The highest BCUT2D eigenvalue weighted by Gasteiger charge is 2.47. The minimum Gasteiger partial charge on any atom is -0.263 e. The highest BCUT2D eigenvalue weighted by atomic mass is 16.2. The third kappa shape index (κ3) is 2.06. The maximum Gasteiger partial charge on any atom is 0.339 e. The number of fused-ring (bicyclic) bond motifs is 1. The summed E-state index contributed by atoms with van der Waals surface area (Å²) in [5.41, 5.74) is 0.424. The van der Waals surface area contributed by atoms with Gasteiger partial charge < -0.3 is 0 Å². The number of carbonyl (C=O) groups is 3. The summed E-state index contributed by atoms with van der Waals surface area (Å²) in [5, 5.41) is 1.92. The Bertz CT molecular complexity index is 784. The van der Waals surface area contributed by atoms with Gasteiger partial charge in [0.1, 0.15) is 0 Å². The first-order valence-electron chi connectivity index (χ1n) is 7.25. The van der Waals surface area contributed by atoms with Crippen molar-refractivity contribution in [2.45, 2.75) is 26.3 Å². The lowest BCUT2D eigenvalue weighted by atomic mass is 10.1. The molecule has 5 nitrogen and oxygen atoms in total. The highest BCUT2D eigenvalue weighted by molar-refractivity contribution is 6.53. The number of carbonyl (C=O) groups excluding carboxylic acids is 3. The van der Waals surface area contributed by atoms with Crippen LogP contribution in [0.4, 0.5) is 10.5 Å². The fraction of sp³-hybridized carbons (Fsp3) is 0.235. The minimum absolute atomic E-state index is 0.297. The maximum atomic E-state index is 12.5. The van der Waals surface area contributed by atoms with Gasteiger partial charge in [0.2, 0.25) is 0 Å². The molecule has 0 N–H and O–H groups in total. The summed E-state index contributed by atoms with van der Waals surface area (Å²) in [6, 6.07) is 12.1. The molecule has 4 amide bonds. The zero-order valence-corrected chi connectivity index (χ0v) is 12.4. The van der Waals surface area contributed by atoms with Gasteiger partial charge in [-0.2, -0.15) is 0 Å². The summed E-state index contributed by atoms with van der Waals surface area (Å²) in [6.45, 7) is 3.63. The average Bonchev–Trinajstić information content (AvgIpc) is 2.76. The monoisotopic (exact) mass is 296 g/mol. The molecule has 1 heterocycles. The normalized spacial score (nSPS) is 16.7. The number of benzene rings is 2. The number of hydrogen-bond donors (Lipinski definition) is 0. The van der Waals surface area contributed by atoms with E-state index in [1.165, 1.54) is 0 Å². The largest absolute Gasteiger partial charge is 0.339 e. The molecule has 0 unspecified atom stereocenters. The molecule has 3 rings (SSSR count). The Kier molecular flexibility index (Phi) is 3.41. The minimum atomic E-state index is -0.791. The van der Waals surface area contributed by atoms with E-state index in [4.69, 9.17) is 0 Å². The summed E-state index contributed by atoms with van der Waals surface area (Å²) >= 11 is 0. The lowest BCUT2D eigenvalue weighted by molar-refractivity contribution is -0.140. The van der Waals surface area contributed by atoms with Crippen LogP contribution in [0.1, 0.15) is 20.3 Å². The van der Waals surface area contributed by atoms with Crippen LogP contribution >= 0.6 is 0 Å². The maximum absolute atomic E-state index is 12.5. The van der Waals surface area contributed by atoms with Crippen LogP contribution in [0.2, 0.25) is 0 Å². The number of anilines is 1. The van der Waals surface area contributed by atoms with Crippen LogP contribution < -0.4 is 4.90 Å². The number of nitrogens with zero attached hydrogens (tertiary/aromatic N) is 2. The Labute approximate surface area is 128 Å². The van der Waals surface area contributed by atoms with Crippen LogP contribution in [0.5, 0.6) is 0 Å². The van der Waals surface area contributed by atoms with Crippen molar-refractivity contribution >= 4 is 34.3 Å². The van der Waals surface area contributed by atoms with E-state index in [2.05, 4.69) is 0 Å². The van der Waals surface area contributed by atoms with E-state index in [0.717, 1.165) is 20.6 Å². The first-order chi connectivity index (χ1) is 10.5. The van der Waals surface area contributed by atoms with Crippen LogP contribution in [0.25, 0.3) is 10.8 Å². The van der Waals surface area contributed by atoms with Crippen LogP contribution in [0.15, 0.2) is 42.5 Å². The smallest absolute Gasteiger partial charge is 0.263 e. The number of urea groups is 1. The van der Waals surface area contributed by atoms with Gasteiger partial charge in [0, 0.05) is 6.04 Å². The van der Waals surface area contributed by atoms with Gasteiger partial charge in [-0.05, 0) is 36.2 Å². The predicted molar refractivity (Wildman–Crippen MR) is 83.4 cm³/mol. The summed E-state index contributed by atoms with van der Waals surface area (Å²) in [7, 11) is 0. The molecule has 1 saturated heterocycles. The van der Waals surface area contributed by atoms with Crippen LogP contribution in [-0.2, 0) is 9.59 Å². The molecule has 0 radical (unpaired) electrons. The molecule has 112 valence electrons. The molecular formula is C17H16N2O3. The fourth-order valence-corrected chi connectivity index (χ4v) is 2.59. The lowest BCUT2D eigenvalue weighted by Gasteiger charge is -2.20. The van der Waals surface area contributed by atoms with E-state index < -0.39 is 17.8 Å². The van der Waals surface area contributed by atoms with Crippen LogP contribution in [0.3, 0.4) is 0 Å². The van der Waals surface area contributed by atoms with Crippen molar-refractivity contribution in [3.63, 3.8) is 0 Å². The zero-order valence-electron chi connectivity index (χ0n) is 12.4. The molecule has 22 heavy (non-hydrogen) atoms. The van der Waals surface area contributed by atoms with Gasteiger partial charge >= 0.3 is 17.8 Å². The molecule has 0 saturated carbocycles. The SMILES string of the molecule is CC[C@@H](C)N1C(=O)C(=O)N(c2ccc3ccccc3c2)C1=O. The second kappa shape index (κ2) is 5.26. The third-order valence-corrected chi connectivity index (χ3v) is 4.03. The molecule has 1 aliphatic rings. The summed E-state index contributed by atoms with van der Waals surface area (Å²) < 4.78 is 0. The van der Waals surface area contributed by atoms with E-state index in [-0.39, 0.29) is 6.04 Å². The van der Waals surface area contributed by atoms with E-state index in [1.54, 1.807) is 19.1 Å². The topological polar surface area (TPSA) is 57.7 Å². The summed E-state index contributed by atoms with van der Waals surface area (Å²) in [6.07, 6.45) is 0.607. The summed E-state index contributed by atoms with van der Waals surface area (Å²) in [5.74, 6) is -1.55. The Morgan fingerprint density at radius 1 is 0.955 bits per heavy atom. The van der Waals surface area contributed by atoms with Crippen molar-refractivity contribution < 1.29 is 14.4 Å². The molecular weight excluding hydrogens is 280 g/mol. The van der Waals surface area contributed by atoms with Gasteiger partial charge in [-0.1, -0.05) is 37.3 Å². The quantitative estimate of drug-likeness (QED) is 0.646. The third-order valence-electron chi connectivity index (χ3n) is 4.03. The van der Waals surface area contributed by atoms with E-state index in [0.29, 0.717) is 12.1 Å². The molecule has 1 atom stereocenters. The second-order valence-electron chi connectivity index (χ2n) is 5.39. The first-order valence-corrected chi connectivity index (χ1v) is 7.25. The Morgan fingerprint density at radius 2 is 1.64 bits per heavy atom. The van der Waals surface area contributed by atoms with Gasteiger partial charge in [0.15, 0.2) is 0 Å². The van der Waals surface area contributed by atoms with Crippen LogP contribution in [-0.4, -0.2) is 28.8 Å². The molecule has 0 spiro atoms. The molecule has 0 aliphatic carbocycles. The predicted octanol–water partition coefficient (Wildman–Crippen LogP) is 2.93.